The highest BCUT2D eigenvalue weighted by atomic mass is 14.9. The summed E-state index contributed by atoms with van der Waals surface area (Å²) in [5.74, 6) is 0. The van der Waals surface area contributed by atoms with Crippen molar-refractivity contribution in [3.8, 4) is 6.07 Å². The van der Waals surface area contributed by atoms with Gasteiger partial charge in [0.05, 0.1) is 29.2 Å². The van der Waals surface area contributed by atoms with Crippen LogP contribution in [0.5, 0.6) is 0 Å². The number of nitriles is 1. The SMILES string of the molecule is N#Cc1cccc(CNc2ccncc2N)c1. The van der Waals surface area contributed by atoms with Gasteiger partial charge in [-0.2, -0.15) is 5.26 Å². The van der Waals surface area contributed by atoms with Crippen LogP contribution in [-0.2, 0) is 6.54 Å². The van der Waals surface area contributed by atoms with E-state index in [9.17, 15) is 0 Å². The van der Waals surface area contributed by atoms with Crippen molar-refractivity contribution >= 4 is 11.4 Å². The first-order chi connectivity index (χ1) is 8.29. The van der Waals surface area contributed by atoms with E-state index in [4.69, 9.17) is 11.0 Å². The highest BCUT2D eigenvalue weighted by Gasteiger charge is 1.99. The Morgan fingerprint density at radius 3 is 3.00 bits per heavy atom. The summed E-state index contributed by atoms with van der Waals surface area (Å²) in [4.78, 5) is 3.92. The third-order valence-corrected chi connectivity index (χ3v) is 2.39. The minimum Gasteiger partial charge on any atom is -0.396 e. The average molecular weight is 224 g/mol. The second kappa shape index (κ2) is 4.99. The molecular weight excluding hydrogens is 212 g/mol. The summed E-state index contributed by atoms with van der Waals surface area (Å²) in [5, 5.41) is 12.0. The summed E-state index contributed by atoms with van der Waals surface area (Å²) in [6, 6.07) is 11.4. The number of nitrogens with zero attached hydrogens (tertiary/aromatic N) is 2. The van der Waals surface area contributed by atoms with Gasteiger partial charge in [0.15, 0.2) is 0 Å². The summed E-state index contributed by atoms with van der Waals surface area (Å²) < 4.78 is 0. The fourth-order valence-corrected chi connectivity index (χ4v) is 1.52. The average Bonchev–Trinajstić information content (AvgIpc) is 2.38. The van der Waals surface area contributed by atoms with Crippen LogP contribution >= 0.6 is 0 Å². The number of anilines is 2. The standard InChI is InChI=1S/C13H12N4/c14-7-10-2-1-3-11(6-10)8-17-13-4-5-16-9-12(13)15/h1-6,9H,8,15H2,(H,16,17). The molecule has 0 aliphatic carbocycles. The molecule has 0 unspecified atom stereocenters. The second-order valence-electron chi connectivity index (χ2n) is 3.63. The summed E-state index contributed by atoms with van der Waals surface area (Å²) >= 11 is 0. The van der Waals surface area contributed by atoms with Crippen LogP contribution in [0.4, 0.5) is 11.4 Å². The first-order valence-electron chi connectivity index (χ1n) is 5.22. The Hall–Kier alpha value is -2.54. The highest BCUT2D eigenvalue weighted by molar-refractivity contribution is 5.64. The molecule has 2 rings (SSSR count). The highest BCUT2D eigenvalue weighted by Crippen LogP contribution is 2.16. The van der Waals surface area contributed by atoms with Crippen LogP contribution < -0.4 is 11.1 Å². The van der Waals surface area contributed by atoms with Crippen LogP contribution in [0.1, 0.15) is 11.1 Å². The molecule has 4 nitrogen and oxygen atoms in total. The van der Waals surface area contributed by atoms with E-state index in [0.717, 1.165) is 11.3 Å². The Balaban J connectivity index is 2.08. The van der Waals surface area contributed by atoms with Gasteiger partial charge in [-0.25, -0.2) is 0 Å². The number of benzene rings is 1. The fraction of sp³-hybridized carbons (Fsp3) is 0.0769. The molecule has 0 aliphatic rings. The van der Waals surface area contributed by atoms with Crippen LogP contribution in [0.25, 0.3) is 0 Å². The van der Waals surface area contributed by atoms with Gasteiger partial charge in [-0.15, -0.1) is 0 Å². The van der Waals surface area contributed by atoms with Gasteiger partial charge in [0.1, 0.15) is 0 Å². The minimum atomic E-state index is 0.615. The smallest absolute Gasteiger partial charge is 0.0991 e. The molecule has 0 bridgehead atoms. The molecule has 84 valence electrons. The maximum absolute atomic E-state index is 8.79. The maximum atomic E-state index is 8.79. The van der Waals surface area contributed by atoms with E-state index in [1.807, 2.05) is 24.3 Å². The van der Waals surface area contributed by atoms with Crippen LogP contribution in [-0.4, -0.2) is 4.98 Å². The number of hydrogen-bond acceptors (Lipinski definition) is 4. The Kier molecular flexibility index (Phi) is 3.22. The van der Waals surface area contributed by atoms with Gasteiger partial charge in [0, 0.05) is 12.7 Å². The first kappa shape index (κ1) is 11.0. The van der Waals surface area contributed by atoms with E-state index in [-0.39, 0.29) is 0 Å². The number of hydrogen-bond donors (Lipinski definition) is 2. The van der Waals surface area contributed by atoms with Gasteiger partial charge in [-0.05, 0) is 23.8 Å². The Bertz CT molecular complexity index is 557. The fourth-order valence-electron chi connectivity index (χ4n) is 1.52. The van der Waals surface area contributed by atoms with E-state index in [0.29, 0.717) is 17.8 Å². The molecule has 0 amide bonds. The zero-order valence-electron chi connectivity index (χ0n) is 9.22. The number of nitrogens with two attached hydrogens (primary N) is 1. The maximum Gasteiger partial charge on any atom is 0.0991 e. The molecule has 0 spiro atoms. The molecule has 4 heteroatoms. The number of rotatable bonds is 3. The molecule has 0 aliphatic heterocycles. The summed E-state index contributed by atoms with van der Waals surface area (Å²) in [5.41, 5.74) is 8.93. The summed E-state index contributed by atoms with van der Waals surface area (Å²) in [7, 11) is 0. The van der Waals surface area contributed by atoms with Crippen LogP contribution in [0.15, 0.2) is 42.7 Å². The Morgan fingerprint density at radius 2 is 2.24 bits per heavy atom. The molecule has 17 heavy (non-hydrogen) atoms. The predicted octanol–water partition coefficient (Wildman–Crippen LogP) is 2.15. The quantitative estimate of drug-likeness (QED) is 0.837. The van der Waals surface area contributed by atoms with Gasteiger partial charge in [-0.3, -0.25) is 4.98 Å². The largest absolute Gasteiger partial charge is 0.396 e. The van der Waals surface area contributed by atoms with E-state index >= 15 is 0 Å². The summed E-state index contributed by atoms with van der Waals surface area (Å²) in [6.07, 6.45) is 3.29. The van der Waals surface area contributed by atoms with Crippen LogP contribution in [0.2, 0.25) is 0 Å². The molecule has 0 saturated carbocycles. The topological polar surface area (TPSA) is 74.7 Å². The molecule has 1 aromatic carbocycles. The van der Waals surface area contributed by atoms with Gasteiger partial charge < -0.3 is 11.1 Å². The van der Waals surface area contributed by atoms with Crippen molar-refractivity contribution in [3.63, 3.8) is 0 Å². The van der Waals surface area contributed by atoms with Crippen LogP contribution in [0.3, 0.4) is 0 Å². The van der Waals surface area contributed by atoms with Gasteiger partial charge >= 0.3 is 0 Å². The Morgan fingerprint density at radius 1 is 1.35 bits per heavy atom. The van der Waals surface area contributed by atoms with Crippen molar-refractivity contribution < 1.29 is 0 Å². The van der Waals surface area contributed by atoms with Gasteiger partial charge in [0.2, 0.25) is 0 Å². The molecule has 0 fully saturated rings. The second-order valence-corrected chi connectivity index (χ2v) is 3.63. The zero-order chi connectivity index (χ0) is 12.1. The number of nitrogens with one attached hydrogen (secondary N) is 1. The molecular formula is C13H12N4. The molecule has 3 N–H and O–H groups in total. The van der Waals surface area contributed by atoms with Gasteiger partial charge in [0.25, 0.3) is 0 Å². The lowest BCUT2D eigenvalue weighted by Gasteiger charge is -2.08. The predicted molar refractivity (Wildman–Crippen MR) is 67.1 cm³/mol. The number of pyridine rings is 1. The normalized spacial score (nSPS) is 9.59. The van der Waals surface area contributed by atoms with Crippen molar-refractivity contribution in [2.75, 3.05) is 11.1 Å². The number of nitrogen functional groups attached to an aromatic ring is 1. The molecule has 2 aromatic rings. The van der Waals surface area contributed by atoms with Crippen LogP contribution in [0, 0.1) is 11.3 Å². The lowest BCUT2D eigenvalue weighted by atomic mass is 10.1. The first-order valence-corrected chi connectivity index (χ1v) is 5.22. The van der Waals surface area contributed by atoms with E-state index in [1.165, 1.54) is 0 Å². The Labute approximate surface area is 99.7 Å². The van der Waals surface area contributed by atoms with Gasteiger partial charge in [-0.1, -0.05) is 12.1 Å². The lowest BCUT2D eigenvalue weighted by molar-refractivity contribution is 1.14. The molecule has 1 aromatic heterocycles. The minimum absolute atomic E-state index is 0.615. The van der Waals surface area contributed by atoms with E-state index in [1.54, 1.807) is 18.5 Å². The van der Waals surface area contributed by atoms with E-state index < -0.39 is 0 Å². The summed E-state index contributed by atoms with van der Waals surface area (Å²) in [6.45, 7) is 0.629. The molecule has 1 heterocycles. The molecule has 0 saturated heterocycles. The monoisotopic (exact) mass is 224 g/mol. The zero-order valence-corrected chi connectivity index (χ0v) is 9.22. The van der Waals surface area contributed by atoms with E-state index in [2.05, 4.69) is 16.4 Å². The lowest BCUT2D eigenvalue weighted by Crippen LogP contribution is -2.02. The van der Waals surface area contributed by atoms with Crippen molar-refractivity contribution in [3.05, 3.63) is 53.9 Å². The number of aromatic nitrogens is 1. The molecule has 0 radical (unpaired) electrons. The van der Waals surface area contributed by atoms with Crippen molar-refractivity contribution in [2.24, 2.45) is 0 Å². The van der Waals surface area contributed by atoms with Crippen molar-refractivity contribution in [1.29, 1.82) is 5.26 Å². The van der Waals surface area contributed by atoms with Crippen molar-refractivity contribution in [2.45, 2.75) is 6.54 Å². The third-order valence-electron chi connectivity index (χ3n) is 2.39. The van der Waals surface area contributed by atoms with Crippen molar-refractivity contribution in [1.82, 2.24) is 4.98 Å². The third kappa shape index (κ3) is 2.73. The molecule has 0 atom stereocenters.